The van der Waals surface area contributed by atoms with E-state index in [4.69, 9.17) is 11.6 Å². The largest absolute Gasteiger partial charge is 0.348 e. The van der Waals surface area contributed by atoms with Crippen molar-refractivity contribution in [3.63, 3.8) is 0 Å². The summed E-state index contributed by atoms with van der Waals surface area (Å²) in [6.07, 6.45) is 0. The number of benzene rings is 3. The lowest BCUT2D eigenvalue weighted by Crippen LogP contribution is -2.19. The van der Waals surface area contributed by atoms with Gasteiger partial charge in [0.05, 0.1) is 0 Å². The number of hydrogen-bond acceptors (Lipinski definition) is 2. The molecule has 0 atom stereocenters. The van der Waals surface area contributed by atoms with Gasteiger partial charge >= 0.3 is 6.03 Å². The van der Waals surface area contributed by atoms with E-state index < -0.39 is 0 Å². The van der Waals surface area contributed by atoms with Crippen molar-refractivity contribution in [1.82, 2.24) is 5.32 Å². The minimum absolute atomic E-state index is 0.0391. The third-order valence-electron chi connectivity index (χ3n) is 4.38. The fourth-order valence-electron chi connectivity index (χ4n) is 3.12. The van der Waals surface area contributed by atoms with E-state index in [1.165, 1.54) is 0 Å². The van der Waals surface area contributed by atoms with Gasteiger partial charge in [0.2, 0.25) is 0 Å². The number of halogens is 1. The number of urea groups is 1. The topological polar surface area (TPSA) is 70.2 Å². The first kappa shape index (κ1) is 17.1. The molecule has 3 aromatic carbocycles. The third kappa shape index (κ3) is 3.64. The SMILES string of the molecule is O=C(Nc1ccc(-c2cccc3c2CNC3=O)cc1)Nc1cccc(Cl)c1. The molecule has 1 heterocycles. The highest BCUT2D eigenvalue weighted by Gasteiger charge is 2.21. The molecule has 134 valence electrons. The van der Waals surface area contributed by atoms with Crippen molar-refractivity contribution in [2.45, 2.75) is 6.54 Å². The van der Waals surface area contributed by atoms with Gasteiger partial charge in [-0.1, -0.05) is 41.9 Å². The van der Waals surface area contributed by atoms with E-state index in [1.807, 2.05) is 42.5 Å². The Morgan fingerprint density at radius 1 is 0.889 bits per heavy atom. The van der Waals surface area contributed by atoms with E-state index in [9.17, 15) is 9.59 Å². The second-order valence-corrected chi connectivity index (χ2v) is 6.62. The van der Waals surface area contributed by atoms with E-state index in [-0.39, 0.29) is 11.9 Å². The first-order valence-corrected chi connectivity index (χ1v) is 8.82. The van der Waals surface area contributed by atoms with Crippen molar-refractivity contribution >= 4 is 34.9 Å². The maximum atomic E-state index is 12.1. The van der Waals surface area contributed by atoms with Gasteiger partial charge in [0.1, 0.15) is 0 Å². The summed E-state index contributed by atoms with van der Waals surface area (Å²) in [5.41, 5.74) is 5.01. The van der Waals surface area contributed by atoms with Crippen LogP contribution in [0.5, 0.6) is 0 Å². The third-order valence-corrected chi connectivity index (χ3v) is 4.62. The fraction of sp³-hybridized carbons (Fsp3) is 0.0476. The molecule has 3 amide bonds. The molecule has 4 rings (SSSR count). The van der Waals surface area contributed by atoms with Crippen LogP contribution in [0.2, 0.25) is 5.02 Å². The molecule has 0 bridgehead atoms. The number of amides is 3. The van der Waals surface area contributed by atoms with Crippen LogP contribution in [0.1, 0.15) is 15.9 Å². The highest BCUT2D eigenvalue weighted by molar-refractivity contribution is 6.30. The summed E-state index contributed by atoms with van der Waals surface area (Å²) >= 11 is 5.92. The molecule has 0 unspecified atom stereocenters. The average Bonchev–Trinajstić information content (AvgIpc) is 3.04. The molecule has 0 radical (unpaired) electrons. The molecule has 0 aromatic heterocycles. The van der Waals surface area contributed by atoms with Crippen LogP contribution in [0.15, 0.2) is 66.7 Å². The normalized spacial score (nSPS) is 12.3. The van der Waals surface area contributed by atoms with E-state index in [0.717, 1.165) is 22.3 Å². The maximum Gasteiger partial charge on any atom is 0.323 e. The van der Waals surface area contributed by atoms with Crippen LogP contribution in [-0.2, 0) is 6.54 Å². The second-order valence-electron chi connectivity index (χ2n) is 6.18. The molecule has 1 aliphatic rings. The lowest BCUT2D eigenvalue weighted by atomic mass is 9.97. The predicted molar refractivity (Wildman–Crippen MR) is 107 cm³/mol. The first-order valence-electron chi connectivity index (χ1n) is 8.44. The number of nitrogens with one attached hydrogen (secondary N) is 3. The maximum absolute atomic E-state index is 12.1. The Morgan fingerprint density at radius 2 is 1.59 bits per heavy atom. The van der Waals surface area contributed by atoms with Crippen LogP contribution in [0.4, 0.5) is 16.2 Å². The van der Waals surface area contributed by atoms with E-state index >= 15 is 0 Å². The number of carbonyl (C=O) groups is 2. The van der Waals surface area contributed by atoms with Gasteiger partial charge < -0.3 is 16.0 Å². The van der Waals surface area contributed by atoms with Gasteiger partial charge in [-0.3, -0.25) is 4.79 Å². The standard InChI is InChI=1S/C21H16ClN3O2/c22-14-3-1-4-16(11-14)25-21(27)24-15-9-7-13(8-10-15)17-5-2-6-18-19(17)12-23-20(18)26/h1-11H,12H2,(H,23,26)(H2,24,25,27). The van der Waals surface area contributed by atoms with Crippen LogP contribution in [0.3, 0.4) is 0 Å². The molecule has 27 heavy (non-hydrogen) atoms. The van der Waals surface area contributed by atoms with Gasteiger partial charge in [0.25, 0.3) is 5.91 Å². The first-order chi connectivity index (χ1) is 13.1. The smallest absolute Gasteiger partial charge is 0.323 e. The van der Waals surface area contributed by atoms with Crippen LogP contribution < -0.4 is 16.0 Å². The Labute approximate surface area is 161 Å². The number of hydrogen-bond donors (Lipinski definition) is 3. The Balaban J connectivity index is 1.48. The fourth-order valence-corrected chi connectivity index (χ4v) is 3.31. The molecule has 0 spiro atoms. The van der Waals surface area contributed by atoms with Crippen LogP contribution in [-0.4, -0.2) is 11.9 Å². The molecular formula is C21H16ClN3O2. The molecule has 3 aromatic rings. The second kappa shape index (κ2) is 7.13. The van der Waals surface area contributed by atoms with Gasteiger partial charge in [-0.25, -0.2) is 4.79 Å². The van der Waals surface area contributed by atoms with Crippen molar-refractivity contribution in [2.24, 2.45) is 0 Å². The monoisotopic (exact) mass is 377 g/mol. The molecule has 6 heteroatoms. The Morgan fingerprint density at radius 3 is 2.37 bits per heavy atom. The molecule has 5 nitrogen and oxygen atoms in total. The molecule has 0 aliphatic carbocycles. The quantitative estimate of drug-likeness (QED) is 0.608. The van der Waals surface area contributed by atoms with Crippen LogP contribution >= 0.6 is 11.6 Å². The highest BCUT2D eigenvalue weighted by atomic mass is 35.5. The van der Waals surface area contributed by atoms with Crippen molar-refractivity contribution in [3.8, 4) is 11.1 Å². The molecule has 3 N–H and O–H groups in total. The summed E-state index contributed by atoms with van der Waals surface area (Å²) in [7, 11) is 0. The van der Waals surface area contributed by atoms with Gasteiger partial charge in [-0.05, 0) is 53.1 Å². The molecule has 1 aliphatic heterocycles. The summed E-state index contributed by atoms with van der Waals surface area (Å²) in [5, 5.41) is 8.93. The van der Waals surface area contributed by atoms with Crippen LogP contribution in [0.25, 0.3) is 11.1 Å². The van der Waals surface area contributed by atoms with E-state index in [1.54, 1.807) is 24.3 Å². The summed E-state index contributed by atoms with van der Waals surface area (Å²) < 4.78 is 0. The Hall–Kier alpha value is -3.31. The van der Waals surface area contributed by atoms with E-state index in [0.29, 0.717) is 22.9 Å². The van der Waals surface area contributed by atoms with Crippen LogP contribution in [0, 0.1) is 0 Å². The molecule has 0 saturated heterocycles. The number of carbonyl (C=O) groups excluding carboxylic acids is 2. The zero-order valence-electron chi connectivity index (χ0n) is 14.3. The number of anilines is 2. The lowest BCUT2D eigenvalue weighted by molar-refractivity contribution is 0.0965. The highest BCUT2D eigenvalue weighted by Crippen LogP contribution is 2.30. The van der Waals surface area contributed by atoms with Gasteiger partial charge in [0.15, 0.2) is 0 Å². The summed E-state index contributed by atoms with van der Waals surface area (Å²) in [6.45, 7) is 0.534. The lowest BCUT2D eigenvalue weighted by Gasteiger charge is -2.10. The zero-order chi connectivity index (χ0) is 18.8. The minimum Gasteiger partial charge on any atom is -0.348 e. The summed E-state index contributed by atoms with van der Waals surface area (Å²) in [6, 6.07) is 19.8. The molecule has 0 saturated carbocycles. The van der Waals surface area contributed by atoms with Crippen molar-refractivity contribution < 1.29 is 9.59 Å². The zero-order valence-corrected chi connectivity index (χ0v) is 15.0. The van der Waals surface area contributed by atoms with Crippen molar-refractivity contribution in [2.75, 3.05) is 10.6 Å². The van der Waals surface area contributed by atoms with Gasteiger partial charge in [0, 0.05) is 28.5 Å². The van der Waals surface area contributed by atoms with Crippen molar-refractivity contribution in [1.29, 1.82) is 0 Å². The predicted octanol–water partition coefficient (Wildman–Crippen LogP) is 4.89. The Bertz CT molecular complexity index is 1030. The minimum atomic E-state index is -0.347. The average molecular weight is 378 g/mol. The number of fused-ring (bicyclic) bond motifs is 1. The molecular weight excluding hydrogens is 362 g/mol. The van der Waals surface area contributed by atoms with Gasteiger partial charge in [-0.15, -0.1) is 0 Å². The molecule has 0 fully saturated rings. The van der Waals surface area contributed by atoms with E-state index in [2.05, 4.69) is 16.0 Å². The van der Waals surface area contributed by atoms with Gasteiger partial charge in [-0.2, -0.15) is 0 Å². The Kier molecular flexibility index (Phi) is 4.52. The summed E-state index contributed by atoms with van der Waals surface area (Å²) in [5.74, 6) is -0.0391. The van der Waals surface area contributed by atoms with Crippen molar-refractivity contribution in [3.05, 3.63) is 82.9 Å². The number of rotatable bonds is 3. The summed E-state index contributed by atoms with van der Waals surface area (Å²) in [4.78, 5) is 23.9.